The van der Waals surface area contributed by atoms with Gasteiger partial charge in [-0.25, -0.2) is 4.79 Å². The standard InChI is InChI=1S/C10H16N2O3S/c1-11-8(13)9(14)12(10(11)15)6-4-2-3-5-7-16/h16H,2-7H2,1H3. The van der Waals surface area contributed by atoms with E-state index in [9.17, 15) is 14.4 Å². The molecule has 0 unspecified atom stereocenters. The van der Waals surface area contributed by atoms with Crippen LogP contribution in [-0.2, 0) is 9.59 Å². The Bertz CT molecular complexity index is 306. The number of carbonyl (C=O) groups is 3. The first kappa shape index (κ1) is 13.0. The van der Waals surface area contributed by atoms with Gasteiger partial charge in [0, 0.05) is 13.6 Å². The van der Waals surface area contributed by atoms with Crippen LogP contribution in [0, 0.1) is 0 Å². The minimum atomic E-state index is -0.736. The third-order valence-corrected chi connectivity index (χ3v) is 2.86. The number of hydrogen-bond acceptors (Lipinski definition) is 4. The van der Waals surface area contributed by atoms with Gasteiger partial charge in [0.05, 0.1) is 0 Å². The summed E-state index contributed by atoms with van der Waals surface area (Å²) in [4.78, 5) is 35.8. The Morgan fingerprint density at radius 3 is 2.12 bits per heavy atom. The van der Waals surface area contributed by atoms with Crippen LogP contribution in [0.3, 0.4) is 0 Å². The predicted octanol–water partition coefficient (Wildman–Crippen LogP) is 0.897. The Morgan fingerprint density at radius 1 is 1.00 bits per heavy atom. The van der Waals surface area contributed by atoms with E-state index in [1.54, 1.807) is 0 Å². The predicted molar refractivity (Wildman–Crippen MR) is 62.2 cm³/mol. The number of unbranched alkanes of at least 4 members (excludes halogenated alkanes) is 3. The second-order valence-corrected chi connectivity index (χ2v) is 4.19. The molecule has 90 valence electrons. The van der Waals surface area contributed by atoms with E-state index in [1.165, 1.54) is 7.05 Å². The molecule has 1 aliphatic rings. The fourth-order valence-corrected chi connectivity index (χ4v) is 1.77. The topological polar surface area (TPSA) is 57.7 Å². The van der Waals surface area contributed by atoms with Crippen molar-refractivity contribution in [2.75, 3.05) is 19.3 Å². The van der Waals surface area contributed by atoms with E-state index in [1.807, 2.05) is 0 Å². The van der Waals surface area contributed by atoms with E-state index in [0.717, 1.165) is 41.2 Å². The number of thiol groups is 1. The normalized spacial score (nSPS) is 16.5. The fraction of sp³-hybridized carbons (Fsp3) is 0.700. The first-order valence-corrected chi connectivity index (χ1v) is 5.97. The van der Waals surface area contributed by atoms with Crippen LogP contribution < -0.4 is 0 Å². The molecule has 1 heterocycles. The van der Waals surface area contributed by atoms with Crippen LogP contribution in [0.5, 0.6) is 0 Å². The maximum atomic E-state index is 11.4. The van der Waals surface area contributed by atoms with Crippen molar-refractivity contribution in [3.05, 3.63) is 0 Å². The van der Waals surface area contributed by atoms with Crippen LogP contribution in [0.15, 0.2) is 0 Å². The second kappa shape index (κ2) is 5.89. The highest BCUT2D eigenvalue weighted by Crippen LogP contribution is 2.11. The average molecular weight is 244 g/mol. The van der Waals surface area contributed by atoms with Crippen LogP contribution in [0.2, 0.25) is 0 Å². The van der Waals surface area contributed by atoms with Crippen LogP contribution in [0.25, 0.3) is 0 Å². The van der Waals surface area contributed by atoms with Crippen LogP contribution in [0.4, 0.5) is 4.79 Å². The Hall–Kier alpha value is -1.04. The molecule has 1 rings (SSSR count). The molecule has 0 aromatic carbocycles. The Kier molecular flexibility index (Phi) is 4.79. The molecule has 0 N–H and O–H groups in total. The first-order chi connectivity index (χ1) is 7.59. The molecule has 0 bridgehead atoms. The van der Waals surface area contributed by atoms with E-state index in [0.29, 0.717) is 6.54 Å². The van der Waals surface area contributed by atoms with Crippen molar-refractivity contribution >= 4 is 30.5 Å². The number of hydrogen-bond donors (Lipinski definition) is 1. The molecule has 5 nitrogen and oxygen atoms in total. The van der Waals surface area contributed by atoms with Crippen molar-refractivity contribution in [1.29, 1.82) is 0 Å². The van der Waals surface area contributed by atoms with Crippen molar-refractivity contribution in [3.63, 3.8) is 0 Å². The number of rotatable bonds is 6. The summed E-state index contributed by atoms with van der Waals surface area (Å²) < 4.78 is 0. The van der Waals surface area contributed by atoms with Gasteiger partial charge in [-0.1, -0.05) is 12.8 Å². The molecule has 1 saturated heterocycles. The van der Waals surface area contributed by atoms with E-state index in [-0.39, 0.29) is 0 Å². The lowest BCUT2D eigenvalue weighted by molar-refractivity contribution is -0.142. The third-order valence-electron chi connectivity index (χ3n) is 2.54. The SMILES string of the molecule is CN1C(=O)C(=O)N(CCCCCCS)C1=O. The van der Waals surface area contributed by atoms with Gasteiger partial charge in [-0.15, -0.1) is 0 Å². The molecule has 0 radical (unpaired) electrons. The number of imide groups is 2. The van der Waals surface area contributed by atoms with E-state index in [4.69, 9.17) is 0 Å². The Balaban J connectivity index is 2.35. The van der Waals surface area contributed by atoms with E-state index >= 15 is 0 Å². The quantitative estimate of drug-likeness (QED) is 0.327. The molecule has 0 spiro atoms. The minimum Gasteiger partial charge on any atom is -0.263 e. The lowest BCUT2D eigenvalue weighted by Gasteiger charge is -2.12. The van der Waals surface area contributed by atoms with E-state index in [2.05, 4.69) is 12.6 Å². The zero-order valence-electron chi connectivity index (χ0n) is 9.31. The molecule has 0 saturated carbocycles. The summed E-state index contributed by atoms with van der Waals surface area (Å²) >= 11 is 4.09. The molecule has 4 amide bonds. The molecule has 0 aromatic rings. The molecule has 0 aromatic heterocycles. The number of carbonyl (C=O) groups excluding carboxylic acids is 3. The van der Waals surface area contributed by atoms with Gasteiger partial charge in [0.2, 0.25) is 0 Å². The van der Waals surface area contributed by atoms with Gasteiger partial charge in [0.15, 0.2) is 0 Å². The van der Waals surface area contributed by atoms with Crippen molar-refractivity contribution < 1.29 is 14.4 Å². The van der Waals surface area contributed by atoms with Crippen molar-refractivity contribution in [2.45, 2.75) is 25.7 Å². The molecular weight excluding hydrogens is 228 g/mol. The molecule has 16 heavy (non-hydrogen) atoms. The summed E-state index contributed by atoms with van der Waals surface area (Å²) in [7, 11) is 1.32. The zero-order valence-corrected chi connectivity index (χ0v) is 10.2. The maximum absolute atomic E-state index is 11.4. The summed E-state index contributed by atoms with van der Waals surface area (Å²) in [5.41, 5.74) is 0. The van der Waals surface area contributed by atoms with Gasteiger partial charge in [-0.2, -0.15) is 12.6 Å². The first-order valence-electron chi connectivity index (χ1n) is 5.34. The fourth-order valence-electron chi connectivity index (χ4n) is 1.55. The van der Waals surface area contributed by atoms with Crippen LogP contribution >= 0.6 is 12.6 Å². The van der Waals surface area contributed by atoms with Gasteiger partial charge >= 0.3 is 17.8 Å². The third kappa shape index (κ3) is 2.75. The largest absolute Gasteiger partial charge is 0.333 e. The second-order valence-electron chi connectivity index (χ2n) is 3.74. The van der Waals surface area contributed by atoms with Gasteiger partial charge < -0.3 is 0 Å². The lowest BCUT2D eigenvalue weighted by Crippen LogP contribution is -2.32. The molecule has 1 aliphatic heterocycles. The number of amides is 4. The minimum absolute atomic E-state index is 0.334. The maximum Gasteiger partial charge on any atom is 0.333 e. The highest BCUT2D eigenvalue weighted by atomic mass is 32.1. The molecular formula is C10H16N2O3S. The lowest BCUT2D eigenvalue weighted by atomic mass is 10.2. The van der Waals surface area contributed by atoms with Gasteiger partial charge in [0.25, 0.3) is 0 Å². The summed E-state index contributed by atoms with van der Waals surface area (Å²) in [6.45, 7) is 0.334. The number of nitrogens with zero attached hydrogens (tertiary/aromatic N) is 2. The monoisotopic (exact) mass is 244 g/mol. The number of urea groups is 1. The molecule has 1 fully saturated rings. The summed E-state index contributed by atoms with van der Waals surface area (Å²) in [6.07, 6.45) is 3.75. The smallest absolute Gasteiger partial charge is 0.263 e. The number of likely N-dealkylation sites (N-methyl/N-ethyl adjacent to an activating group) is 1. The summed E-state index contributed by atoms with van der Waals surface area (Å²) in [6, 6.07) is -0.510. The van der Waals surface area contributed by atoms with Gasteiger partial charge in [-0.3, -0.25) is 19.4 Å². The zero-order chi connectivity index (χ0) is 12.1. The van der Waals surface area contributed by atoms with Crippen molar-refractivity contribution in [1.82, 2.24) is 9.80 Å². The van der Waals surface area contributed by atoms with Gasteiger partial charge in [-0.05, 0) is 18.6 Å². The van der Waals surface area contributed by atoms with Crippen LogP contribution in [0.1, 0.15) is 25.7 Å². The van der Waals surface area contributed by atoms with E-state index < -0.39 is 17.8 Å². The van der Waals surface area contributed by atoms with Crippen LogP contribution in [-0.4, -0.2) is 47.0 Å². The average Bonchev–Trinajstić information content (AvgIpc) is 2.46. The summed E-state index contributed by atoms with van der Waals surface area (Å²) in [5.74, 6) is -0.593. The molecule has 0 atom stereocenters. The van der Waals surface area contributed by atoms with Crippen molar-refractivity contribution in [3.8, 4) is 0 Å². The van der Waals surface area contributed by atoms with Crippen molar-refractivity contribution in [2.24, 2.45) is 0 Å². The highest BCUT2D eigenvalue weighted by Gasteiger charge is 2.41. The van der Waals surface area contributed by atoms with Gasteiger partial charge in [0.1, 0.15) is 0 Å². The Labute approximate surface area is 100 Å². The summed E-state index contributed by atoms with van der Waals surface area (Å²) in [5, 5.41) is 0. The molecule has 6 heteroatoms. The molecule has 0 aliphatic carbocycles. The Morgan fingerprint density at radius 2 is 1.62 bits per heavy atom. The highest BCUT2D eigenvalue weighted by molar-refractivity contribution is 7.80.